The second kappa shape index (κ2) is 7.75. The highest BCUT2D eigenvalue weighted by atomic mass is 16.5. The standard InChI is InChI=1S/C24H24O3/c1-5-20(25)22-18-13-9-12-17(15(2)3)14-19(18)23(24(26)27-4)21(22)16-10-7-6-8-11-16/h6-15H,5H2,1-4H3. The molecule has 1 aromatic rings. The van der Waals surface area contributed by atoms with Crippen LogP contribution in [0.1, 0.15) is 59.4 Å². The molecule has 27 heavy (non-hydrogen) atoms. The summed E-state index contributed by atoms with van der Waals surface area (Å²) in [5.41, 5.74) is 5.26. The fourth-order valence-corrected chi connectivity index (χ4v) is 3.49. The molecule has 3 rings (SSSR count). The van der Waals surface area contributed by atoms with Crippen LogP contribution < -0.4 is 0 Å². The monoisotopic (exact) mass is 360 g/mol. The van der Waals surface area contributed by atoms with Gasteiger partial charge in [0.05, 0.1) is 12.7 Å². The minimum absolute atomic E-state index is 0.0197. The molecule has 0 heterocycles. The fraction of sp³-hybridized carbons (Fsp3) is 0.250. The number of rotatable bonds is 5. The summed E-state index contributed by atoms with van der Waals surface area (Å²) < 4.78 is 5.11. The third-order valence-corrected chi connectivity index (χ3v) is 4.91. The van der Waals surface area contributed by atoms with Gasteiger partial charge in [-0.3, -0.25) is 4.79 Å². The van der Waals surface area contributed by atoms with Crippen LogP contribution in [-0.4, -0.2) is 18.9 Å². The normalized spacial score (nSPS) is 11.0. The minimum Gasteiger partial charge on any atom is -0.465 e. The number of esters is 1. The van der Waals surface area contributed by atoms with E-state index in [1.807, 2.05) is 61.5 Å². The first-order valence-corrected chi connectivity index (χ1v) is 9.26. The smallest absolute Gasteiger partial charge is 0.339 e. The molecule has 0 spiro atoms. The van der Waals surface area contributed by atoms with E-state index in [1.165, 1.54) is 7.11 Å². The van der Waals surface area contributed by atoms with Gasteiger partial charge in [-0.1, -0.05) is 69.3 Å². The molecule has 3 heteroatoms. The second-order valence-electron chi connectivity index (χ2n) is 6.91. The lowest BCUT2D eigenvalue weighted by Crippen LogP contribution is -2.04. The Morgan fingerprint density at radius 1 is 0.926 bits per heavy atom. The first kappa shape index (κ1) is 18.8. The molecular weight excluding hydrogens is 336 g/mol. The van der Waals surface area contributed by atoms with E-state index in [0.717, 1.165) is 22.3 Å². The van der Waals surface area contributed by atoms with Crippen molar-refractivity contribution >= 4 is 11.8 Å². The van der Waals surface area contributed by atoms with Crippen molar-refractivity contribution in [3.05, 3.63) is 71.3 Å². The number of hydrogen-bond acceptors (Lipinski definition) is 3. The SMILES string of the molecule is CCC(=O)c1c2cccc(C(C)C)cc-2c(C(=O)OC)c1-c1ccccc1. The van der Waals surface area contributed by atoms with Crippen LogP contribution in [0.5, 0.6) is 0 Å². The molecule has 1 aromatic carbocycles. The number of methoxy groups -OCH3 is 1. The van der Waals surface area contributed by atoms with Gasteiger partial charge in [-0.2, -0.15) is 0 Å². The maximum absolute atomic E-state index is 12.9. The predicted octanol–water partition coefficient (Wildman–Crippen LogP) is 5.96. The maximum Gasteiger partial charge on any atom is 0.339 e. The largest absolute Gasteiger partial charge is 0.465 e. The second-order valence-corrected chi connectivity index (χ2v) is 6.91. The summed E-state index contributed by atoms with van der Waals surface area (Å²) in [6.45, 7) is 6.06. The highest BCUT2D eigenvalue weighted by Crippen LogP contribution is 2.44. The summed E-state index contributed by atoms with van der Waals surface area (Å²) in [7, 11) is 1.38. The zero-order valence-corrected chi connectivity index (χ0v) is 16.2. The number of carbonyl (C=O) groups excluding carboxylic acids is 2. The molecule has 0 unspecified atom stereocenters. The van der Waals surface area contributed by atoms with Crippen LogP contribution in [0.4, 0.5) is 0 Å². The highest BCUT2D eigenvalue weighted by molar-refractivity contribution is 6.18. The molecule has 0 saturated heterocycles. The van der Waals surface area contributed by atoms with Gasteiger partial charge in [-0.15, -0.1) is 0 Å². The zero-order chi connectivity index (χ0) is 19.6. The van der Waals surface area contributed by atoms with Gasteiger partial charge in [0.25, 0.3) is 0 Å². The molecule has 0 bridgehead atoms. The Morgan fingerprint density at radius 2 is 1.63 bits per heavy atom. The summed E-state index contributed by atoms with van der Waals surface area (Å²) in [4.78, 5) is 25.7. The first-order valence-electron chi connectivity index (χ1n) is 9.26. The van der Waals surface area contributed by atoms with Crippen molar-refractivity contribution in [1.29, 1.82) is 0 Å². The van der Waals surface area contributed by atoms with Crippen LogP contribution in [-0.2, 0) is 4.74 Å². The first-order chi connectivity index (χ1) is 13.0. The predicted molar refractivity (Wildman–Crippen MR) is 109 cm³/mol. The topological polar surface area (TPSA) is 43.4 Å². The zero-order valence-electron chi connectivity index (χ0n) is 16.2. The molecule has 138 valence electrons. The fourth-order valence-electron chi connectivity index (χ4n) is 3.49. The molecule has 0 saturated carbocycles. The average molecular weight is 360 g/mol. The number of ether oxygens (including phenoxy) is 1. The lowest BCUT2D eigenvalue weighted by molar-refractivity contribution is 0.0603. The van der Waals surface area contributed by atoms with E-state index in [1.54, 1.807) is 0 Å². The van der Waals surface area contributed by atoms with E-state index in [0.29, 0.717) is 29.0 Å². The molecule has 0 aromatic heterocycles. The van der Waals surface area contributed by atoms with Gasteiger partial charge >= 0.3 is 5.97 Å². The molecular formula is C24H24O3. The lowest BCUT2D eigenvalue weighted by Gasteiger charge is -2.07. The quantitative estimate of drug-likeness (QED) is 0.416. The van der Waals surface area contributed by atoms with Gasteiger partial charge in [0, 0.05) is 17.5 Å². The van der Waals surface area contributed by atoms with Crippen molar-refractivity contribution in [3.8, 4) is 22.3 Å². The van der Waals surface area contributed by atoms with E-state index in [9.17, 15) is 9.59 Å². The molecule has 2 aliphatic carbocycles. The Balaban J connectivity index is 2.49. The van der Waals surface area contributed by atoms with Gasteiger partial charge in [0.2, 0.25) is 0 Å². The molecule has 0 atom stereocenters. The van der Waals surface area contributed by atoms with Crippen molar-refractivity contribution in [2.75, 3.05) is 7.11 Å². The third-order valence-electron chi connectivity index (χ3n) is 4.91. The van der Waals surface area contributed by atoms with Gasteiger partial charge in [-0.05, 0) is 34.2 Å². The summed E-state index contributed by atoms with van der Waals surface area (Å²) in [5, 5.41) is 0. The van der Waals surface area contributed by atoms with E-state index in [2.05, 4.69) is 13.8 Å². The Kier molecular flexibility index (Phi) is 5.41. The van der Waals surface area contributed by atoms with Crippen molar-refractivity contribution in [2.24, 2.45) is 0 Å². The Bertz CT molecular complexity index is 955. The molecule has 0 fully saturated rings. The molecule has 2 aliphatic rings. The van der Waals surface area contributed by atoms with E-state index >= 15 is 0 Å². The summed E-state index contributed by atoms with van der Waals surface area (Å²) in [5.74, 6) is -0.104. The van der Waals surface area contributed by atoms with Crippen molar-refractivity contribution in [2.45, 2.75) is 33.1 Å². The summed E-state index contributed by atoms with van der Waals surface area (Å²) in [6, 6.07) is 17.5. The van der Waals surface area contributed by atoms with Crippen LogP contribution in [0.3, 0.4) is 0 Å². The van der Waals surface area contributed by atoms with Crippen LogP contribution in [0.25, 0.3) is 22.3 Å². The highest BCUT2D eigenvalue weighted by Gasteiger charge is 2.31. The van der Waals surface area contributed by atoms with E-state index in [4.69, 9.17) is 4.74 Å². The number of carbonyl (C=O) groups is 2. The Hall–Kier alpha value is -2.94. The number of hydrogen-bond donors (Lipinski definition) is 0. The van der Waals surface area contributed by atoms with Crippen LogP contribution in [0.15, 0.2) is 54.6 Å². The molecule has 0 N–H and O–H groups in total. The number of ketones is 1. The number of benzene rings is 1. The van der Waals surface area contributed by atoms with Crippen molar-refractivity contribution in [1.82, 2.24) is 0 Å². The van der Waals surface area contributed by atoms with Crippen LogP contribution >= 0.6 is 0 Å². The van der Waals surface area contributed by atoms with Crippen LogP contribution in [0, 0.1) is 0 Å². The maximum atomic E-state index is 12.9. The lowest BCUT2D eigenvalue weighted by atomic mass is 9.97. The average Bonchev–Trinajstić information content (AvgIpc) is 2.84. The van der Waals surface area contributed by atoms with Crippen molar-refractivity contribution in [3.63, 3.8) is 0 Å². The van der Waals surface area contributed by atoms with Gasteiger partial charge in [0.15, 0.2) is 5.78 Å². The summed E-state index contributed by atoms with van der Waals surface area (Å²) in [6.07, 6.45) is 0.370. The van der Waals surface area contributed by atoms with E-state index in [-0.39, 0.29) is 5.78 Å². The molecule has 3 nitrogen and oxygen atoms in total. The minimum atomic E-state index is -0.421. The number of fused-ring (bicyclic) bond motifs is 1. The number of Topliss-reactive ketones (excluding diaryl/α,β-unsaturated/α-hetero) is 1. The van der Waals surface area contributed by atoms with Gasteiger partial charge in [0.1, 0.15) is 0 Å². The Morgan fingerprint density at radius 3 is 2.22 bits per heavy atom. The molecule has 0 radical (unpaired) electrons. The summed E-state index contributed by atoms with van der Waals surface area (Å²) >= 11 is 0. The molecule has 0 aliphatic heterocycles. The van der Waals surface area contributed by atoms with Gasteiger partial charge in [-0.25, -0.2) is 4.79 Å². The third kappa shape index (κ3) is 3.37. The van der Waals surface area contributed by atoms with Crippen LogP contribution in [0.2, 0.25) is 0 Å². The van der Waals surface area contributed by atoms with Gasteiger partial charge < -0.3 is 4.74 Å². The van der Waals surface area contributed by atoms with Crippen molar-refractivity contribution < 1.29 is 14.3 Å². The van der Waals surface area contributed by atoms with E-state index < -0.39 is 5.97 Å². The molecule has 0 amide bonds. The Labute approximate surface area is 160 Å².